The lowest BCUT2D eigenvalue weighted by molar-refractivity contribution is -0.124. The highest BCUT2D eigenvalue weighted by Gasteiger charge is 2.25. The topological polar surface area (TPSA) is 82.3 Å². The van der Waals surface area contributed by atoms with Crippen LogP contribution in [-0.2, 0) is 16.0 Å². The molecule has 30 heavy (non-hydrogen) atoms. The Morgan fingerprint density at radius 1 is 1.07 bits per heavy atom. The number of para-hydroxylation sites is 2. The van der Waals surface area contributed by atoms with E-state index in [1.165, 1.54) is 9.13 Å². The van der Waals surface area contributed by atoms with Gasteiger partial charge in [0, 0.05) is 13.7 Å². The fraction of sp³-hybridized carbons (Fsp3) is 0.348. The molecule has 0 radical (unpaired) electrons. The molecule has 0 bridgehead atoms. The van der Waals surface area contributed by atoms with Crippen LogP contribution in [0.25, 0.3) is 16.6 Å². The van der Waals surface area contributed by atoms with Gasteiger partial charge in [0.05, 0.1) is 23.2 Å². The van der Waals surface area contributed by atoms with Gasteiger partial charge in [0.2, 0.25) is 5.91 Å². The number of methoxy groups -OCH3 is 1. The van der Waals surface area contributed by atoms with Gasteiger partial charge in [-0.25, -0.2) is 9.36 Å². The van der Waals surface area contributed by atoms with E-state index in [4.69, 9.17) is 4.74 Å². The summed E-state index contributed by atoms with van der Waals surface area (Å²) in [5.74, 6) is -0.282. The van der Waals surface area contributed by atoms with Crippen LogP contribution >= 0.6 is 0 Å². The van der Waals surface area contributed by atoms with Crippen molar-refractivity contribution < 1.29 is 9.53 Å². The lowest BCUT2D eigenvalue weighted by atomic mass is 10.1. The van der Waals surface area contributed by atoms with E-state index in [2.05, 4.69) is 5.32 Å². The van der Waals surface area contributed by atoms with Crippen molar-refractivity contribution >= 4 is 16.8 Å². The highest BCUT2D eigenvalue weighted by Crippen LogP contribution is 2.19. The van der Waals surface area contributed by atoms with Gasteiger partial charge in [0.25, 0.3) is 5.56 Å². The van der Waals surface area contributed by atoms with Gasteiger partial charge in [0.15, 0.2) is 0 Å². The van der Waals surface area contributed by atoms with Crippen molar-refractivity contribution in [2.45, 2.75) is 32.7 Å². The molecule has 1 amide bonds. The lowest BCUT2D eigenvalue weighted by Gasteiger charge is -2.22. The van der Waals surface area contributed by atoms with Gasteiger partial charge in [-0.05, 0) is 36.6 Å². The number of nitrogens with zero attached hydrogens (tertiary/aromatic N) is 2. The third-order valence-electron chi connectivity index (χ3n) is 5.21. The molecule has 7 heteroatoms. The SMILES string of the molecule is CCc1ccccc1-n1c(=O)c2ccccc2n([C@@H](CC)C(=O)NCCOC)c1=O. The molecule has 0 spiro atoms. The largest absolute Gasteiger partial charge is 0.383 e. The Bertz CT molecular complexity index is 1160. The molecule has 158 valence electrons. The van der Waals surface area contributed by atoms with E-state index in [0.29, 0.717) is 42.6 Å². The molecule has 0 unspecified atom stereocenters. The summed E-state index contributed by atoms with van der Waals surface area (Å²) >= 11 is 0. The van der Waals surface area contributed by atoms with E-state index in [0.717, 1.165) is 5.56 Å². The van der Waals surface area contributed by atoms with Crippen molar-refractivity contribution in [3.8, 4) is 5.69 Å². The van der Waals surface area contributed by atoms with Gasteiger partial charge in [-0.2, -0.15) is 0 Å². The average Bonchev–Trinajstić information content (AvgIpc) is 2.77. The molecule has 0 aliphatic carbocycles. The Morgan fingerprint density at radius 3 is 2.47 bits per heavy atom. The number of aromatic nitrogens is 2. The number of amides is 1. The number of hydrogen-bond acceptors (Lipinski definition) is 4. The number of aryl methyl sites for hydroxylation is 1. The highest BCUT2D eigenvalue weighted by atomic mass is 16.5. The van der Waals surface area contributed by atoms with Crippen LogP contribution < -0.4 is 16.6 Å². The zero-order valence-corrected chi connectivity index (χ0v) is 17.6. The predicted molar refractivity (Wildman–Crippen MR) is 117 cm³/mol. The molecule has 0 aliphatic heterocycles. The van der Waals surface area contributed by atoms with Gasteiger partial charge >= 0.3 is 5.69 Å². The first-order valence-electron chi connectivity index (χ1n) is 10.2. The van der Waals surface area contributed by atoms with Crippen LogP contribution in [-0.4, -0.2) is 35.3 Å². The summed E-state index contributed by atoms with van der Waals surface area (Å²) in [6.45, 7) is 4.54. The summed E-state index contributed by atoms with van der Waals surface area (Å²) in [6, 6.07) is 13.5. The normalized spacial score (nSPS) is 12.1. The molecule has 3 rings (SSSR count). The maximum absolute atomic E-state index is 13.6. The number of benzene rings is 2. The van der Waals surface area contributed by atoms with Crippen molar-refractivity contribution in [2.75, 3.05) is 20.3 Å². The lowest BCUT2D eigenvalue weighted by Crippen LogP contribution is -2.45. The number of rotatable bonds is 8. The fourth-order valence-corrected chi connectivity index (χ4v) is 3.70. The first kappa shape index (κ1) is 21.5. The minimum absolute atomic E-state index is 0.282. The number of hydrogen-bond donors (Lipinski definition) is 1. The van der Waals surface area contributed by atoms with E-state index >= 15 is 0 Å². The number of carbonyl (C=O) groups excluding carboxylic acids is 1. The Labute approximate surface area is 174 Å². The number of fused-ring (bicyclic) bond motifs is 1. The molecule has 1 N–H and O–H groups in total. The molecule has 1 aromatic heterocycles. The summed E-state index contributed by atoms with van der Waals surface area (Å²) in [5, 5.41) is 3.20. The molecule has 0 aliphatic rings. The van der Waals surface area contributed by atoms with E-state index < -0.39 is 11.7 Å². The Balaban J connectivity index is 2.30. The molecule has 0 saturated heterocycles. The molecule has 1 atom stereocenters. The summed E-state index contributed by atoms with van der Waals surface area (Å²) in [5.41, 5.74) is 0.975. The summed E-state index contributed by atoms with van der Waals surface area (Å²) in [6.07, 6.45) is 1.07. The first-order chi connectivity index (χ1) is 14.5. The van der Waals surface area contributed by atoms with Gasteiger partial charge < -0.3 is 10.1 Å². The molecular weight excluding hydrogens is 382 g/mol. The van der Waals surface area contributed by atoms with Crippen LogP contribution in [0.2, 0.25) is 0 Å². The fourth-order valence-electron chi connectivity index (χ4n) is 3.70. The predicted octanol–water partition coefficient (Wildman–Crippen LogP) is 2.43. The van der Waals surface area contributed by atoms with Crippen LogP contribution in [0, 0.1) is 0 Å². The van der Waals surface area contributed by atoms with Crippen molar-refractivity contribution in [3.05, 3.63) is 74.9 Å². The summed E-state index contributed by atoms with van der Waals surface area (Å²) in [4.78, 5) is 39.8. The van der Waals surface area contributed by atoms with E-state index in [9.17, 15) is 14.4 Å². The smallest absolute Gasteiger partial charge is 0.336 e. The quantitative estimate of drug-likeness (QED) is 0.580. The minimum atomic E-state index is -0.750. The molecule has 2 aromatic carbocycles. The molecule has 3 aromatic rings. The highest BCUT2D eigenvalue weighted by molar-refractivity contribution is 5.84. The monoisotopic (exact) mass is 409 g/mol. The van der Waals surface area contributed by atoms with Crippen LogP contribution in [0.15, 0.2) is 58.1 Å². The third kappa shape index (κ3) is 3.93. The number of carbonyl (C=O) groups is 1. The standard InChI is InChI=1S/C23H27N3O4/c1-4-16-10-6-8-12-19(16)26-22(28)17-11-7-9-13-20(17)25(23(26)29)18(5-2)21(27)24-14-15-30-3/h6-13,18H,4-5,14-15H2,1-3H3,(H,24,27)/t18-/m0/s1. The zero-order chi connectivity index (χ0) is 21.7. The Kier molecular flexibility index (Phi) is 6.84. The maximum Gasteiger partial charge on any atom is 0.336 e. The Hall–Kier alpha value is -3.19. The minimum Gasteiger partial charge on any atom is -0.383 e. The summed E-state index contributed by atoms with van der Waals surface area (Å²) < 4.78 is 7.62. The third-order valence-corrected chi connectivity index (χ3v) is 5.21. The van der Waals surface area contributed by atoms with Crippen molar-refractivity contribution in [3.63, 3.8) is 0 Å². The zero-order valence-electron chi connectivity index (χ0n) is 17.6. The van der Waals surface area contributed by atoms with E-state index in [1.54, 1.807) is 43.5 Å². The first-order valence-corrected chi connectivity index (χ1v) is 10.2. The second kappa shape index (κ2) is 9.54. The van der Waals surface area contributed by atoms with Gasteiger partial charge in [-0.1, -0.05) is 44.2 Å². The maximum atomic E-state index is 13.6. The van der Waals surface area contributed by atoms with Crippen LogP contribution in [0.1, 0.15) is 31.9 Å². The van der Waals surface area contributed by atoms with Crippen molar-refractivity contribution in [1.82, 2.24) is 14.5 Å². The number of ether oxygens (including phenoxy) is 1. The number of nitrogens with one attached hydrogen (secondary N) is 1. The van der Waals surface area contributed by atoms with Crippen molar-refractivity contribution in [2.24, 2.45) is 0 Å². The molecule has 1 heterocycles. The van der Waals surface area contributed by atoms with Crippen LogP contribution in [0.3, 0.4) is 0 Å². The van der Waals surface area contributed by atoms with Gasteiger partial charge in [-0.3, -0.25) is 14.2 Å². The molecular formula is C23H27N3O4. The van der Waals surface area contributed by atoms with Crippen LogP contribution in [0.4, 0.5) is 0 Å². The Morgan fingerprint density at radius 2 is 1.77 bits per heavy atom. The average molecular weight is 409 g/mol. The molecule has 0 fully saturated rings. The van der Waals surface area contributed by atoms with Crippen molar-refractivity contribution in [1.29, 1.82) is 0 Å². The van der Waals surface area contributed by atoms with Crippen LogP contribution in [0.5, 0.6) is 0 Å². The van der Waals surface area contributed by atoms with Gasteiger partial charge in [-0.15, -0.1) is 0 Å². The molecule has 7 nitrogen and oxygen atoms in total. The van der Waals surface area contributed by atoms with E-state index in [1.807, 2.05) is 26.0 Å². The second-order valence-electron chi connectivity index (χ2n) is 7.00. The van der Waals surface area contributed by atoms with Gasteiger partial charge in [0.1, 0.15) is 6.04 Å². The van der Waals surface area contributed by atoms with E-state index in [-0.39, 0.29) is 11.5 Å². The summed E-state index contributed by atoms with van der Waals surface area (Å²) in [7, 11) is 1.56. The molecule has 0 saturated carbocycles. The second-order valence-corrected chi connectivity index (χ2v) is 7.00.